The number of methoxy groups -OCH3 is 1. The molecule has 2 rings (SSSR count). The second-order valence-electron chi connectivity index (χ2n) is 4.47. The van der Waals surface area contributed by atoms with E-state index in [1.54, 1.807) is 7.11 Å². The van der Waals surface area contributed by atoms with Crippen LogP contribution in [0.25, 0.3) is 0 Å². The molecule has 0 saturated heterocycles. The fraction of sp³-hybridized carbons (Fsp3) is 0.294. The van der Waals surface area contributed by atoms with E-state index in [1.165, 1.54) is 5.56 Å². The van der Waals surface area contributed by atoms with E-state index in [0.717, 1.165) is 17.1 Å². The summed E-state index contributed by atoms with van der Waals surface area (Å²) in [5.74, 6) is 1.78. The van der Waals surface area contributed by atoms with E-state index in [4.69, 9.17) is 9.47 Å². The molecule has 1 atom stereocenters. The van der Waals surface area contributed by atoms with Crippen LogP contribution in [-0.2, 0) is 0 Å². The number of nitrogens with one attached hydrogen (secondary N) is 1. The number of hydrogen-bond acceptors (Lipinski definition) is 3. The van der Waals surface area contributed by atoms with Crippen LogP contribution in [0.15, 0.2) is 48.5 Å². The van der Waals surface area contributed by atoms with Crippen molar-refractivity contribution in [2.45, 2.75) is 13.0 Å². The minimum absolute atomic E-state index is 0.101. The molecule has 0 radical (unpaired) electrons. The van der Waals surface area contributed by atoms with Crippen LogP contribution in [0.4, 0.5) is 0 Å². The van der Waals surface area contributed by atoms with Crippen LogP contribution in [0, 0.1) is 0 Å². The van der Waals surface area contributed by atoms with Crippen molar-refractivity contribution in [2.75, 3.05) is 20.8 Å². The minimum Gasteiger partial charge on any atom is -0.497 e. The lowest BCUT2D eigenvalue weighted by molar-refractivity contribution is 0.334. The molecule has 0 heterocycles. The zero-order valence-electron chi connectivity index (χ0n) is 12.2. The average molecular weight is 271 g/mol. The van der Waals surface area contributed by atoms with E-state index in [9.17, 15) is 0 Å². The Bertz CT molecular complexity index is 537. The standard InChI is InChI=1S/C17H21NO2/c1-4-20-16-8-6-5-7-15(16)17(18-2)13-9-11-14(19-3)12-10-13/h5-12,17-18H,4H2,1-3H3. The summed E-state index contributed by atoms with van der Waals surface area (Å²) in [5, 5.41) is 3.35. The molecule has 3 heteroatoms. The Morgan fingerprint density at radius 1 is 1.05 bits per heavy atom. The van der Waals surface area contributed by atoms with Gasteiger partial charge in [-0.2, -0.15) is 0 Å². The topological polar surface area (TPSA) is 30.5 Å². The summed E-state index contributed by atoms with van der Waals surface area (Å²) >= 11 is 0. The molecule has 1 N–H and O–H groups in total. The molecule has 0 spiro atoms. The van der Waals surface area contributed by atoms with Crippen molar-refractivity contribution in [3.05, 3.63) is 59.7 Å². The largest absolute Gasteiger partial charge is 0.497 e. The van der Waals surface area contributed by atoms with Crippen molar-refractivity contribution in [3.8, 4) is 11.5 Å². The van der Waals surface area contributed by atoms with Gasteiger partial charge in [0.05, 0.1) is 19.8 Å². The summed E-state index contributed by atoms with van der Waals surface area (Å²) in [4.78, 5) is 0. The maximum atomic E-state index is 5.72. The lowest BCUT2D eigenvalue weighted by Gasteiger charge is -2.20. The van der Waals surface area contributed by atoms with Gasteiger partial charge in [-0.05, 0) is 37.7 Å². The van der Waals surface area contributed by atoms with Gasteiger partial charge in [0, 0.05) is 5.56 Å². The molecule has 0 bridgehead atoms. The van der Waals surface area contributed by atoms with Crippen LogP contribution in [0.1, 0.15) is 24.1 Å². The summed E-state index contributed by atoms with van der Waals surface area (Å²) in [5.41, 5.74) is 2.32. The molecule has 2 aromatic carbocycles. The average Bonchev–Trinajstić information content (AvgIpc) is 2.51. The van der Waals surface area contributed by atoms with Gasteiger partial charge in [-0.1, -0.05) is 30.3 Å². The highest BCUT2D eigenvalue weighted by molar-refractivity contribution is 5.42. The molecule has 20 heavy (non-hydrogen) atoms. The van der Waals surface area contributed by atoms with E-state index in [2.05, 4.69) is 23.5 Å². The van der Waals surface area contributed by atoms with Crippen LogP contribution < -0.4 is 14.8 Å². The fourth-order valence-corrected chi connectivity index (χ4v) is 2.30. The van der Waals surface area contributed by atoms with Crippen LogP contribution in [-0.4, -0.2) is 20.8 Å². The number of benzene rings is 2. The second kappa shape index (κ2) is 6.96. The van der Waals surface area contributed by atoms with Gasteiger partial charge in [0.2, 0.25) is 0 Å². The Morgan fingerprint density at radius 2 is 1.75 bits per heavy atom. The van der Waals surface area contributed by atoms with Gasteiger partial charge in [0.1, 0.15) is 11.5 Å². The third kappa shape index (κ3) is 3.11. The molecule has 0 aliphatic rings. The second-order valence-corrected chi connectivity index (χ2v) is 4.47. The number of hydrogen-bond donors (Lipinski definition) is 1. The smallest absolute Gasteiger partial charge is 0.124 e. The first kappa shape index (κ1) is 14.4. The third-order valence-corrected chi connectivity index (χ3v) is 3.27. The zero-order valence-corrected chi connectivity index (χ0v) is 12.2. The molecule has 2 aromatic rings. The van der Waals surface area contributed by atoms with Crippen molar-refractivity contribution in [1.82, 2.24) is 5.32 Å². The van der Waals surface area contributed by atoms with Crippen molar-refractivity contribution in [2.24, 2.45) is 0 Å². The molecular weight excluding hydrogens is 250 g/mol. The van der Waals surface area contributed by atoms with E-state index in [0.29, 0.717) is 6.61 Å². The molecule has 106 valence electrons. The molecule has 0 aliphatic carbocycles. The SMILES string of the molecule is CCOc1ccccc1C(NC)c1ccc(OC)cc1. The van der Waals surface area contributed by atoms with Gasteiger partial charge in [-0.25, -0.2) is 0 Å². The lowest BCUT2D eigenvalue weighted by atomic mass is 9.98. The molecule has 0 aromatic heterocycles. The highest BCUT2D eigenvalue weighted by atomic mass is 16.5. The van der Waals surface area contributed by atoms with Gasteiger partial charge >= 0.3 is 0 Å². The zero-order chi connectivity index (χ0) is 14.4. The van der Waals surface area contributed by atoms with Gasteiger partial charge < -0.3 is 14.8 Å². The molecule has 0 fully saturated rings. The van der Waals surface area contributed by atoms with E-state index in [-0.39, 0.29) is 6.04 Å². The Labute approximate surface area is 120 Å². The quantitative estimate of drug-likeness (QED) is 0.873. The lowest BCUT2D eigenvalue weighted by Crippen LogP contribution is -2.18. The van der Waals surface area contributed by atoms with Gasteiger partial charge in [-0.15, -0.1) is 0 Å². The molecule has 0 aliphatic heterocycles. The third-order valence-electron chi connectivity index (χ3n) is 3.27. The van der Waals surface area contributed by atoms with Crippen molar-refractivity contribution in [3.63, 3.8) is 0 Å². The first-order chi connectivity index (χ1) is 9.80. The predicted molar refractivity (Wildman–Crippen MR) is 81.5 cm³/mol. The first-order valence-electron chi connectivity index (χ1n) is 6.83. The predicted octanol–water partition coefficient (Wildman–Crippen LogP) is 3.40. The highest BCUT2D eigenvalue weighted by Gasteiger charge is 2.16. The monoisotopic (exact) mass is 271 g/mol. The number of para-hydroxylation sites is 1. The van der Waals surface area contributed by atoms with E-state index in [1.807, 2.05) is 44.3 Å². The fourth-order valence-electron chi connectivity index (χ4n) is 2.30. The van der Waals surface area contributed by atoms with Crippen LogP contribution in [0.3, 0.4) is 0 Å². The Hall–Kier alpha value is -2.00. The maximum Gasteiger partial charge on any atom is 0.124 e. The highest BCUT2D eigenvalue weighted by Crippen LogP contribution is 2.30. The van der Waals surface area contributed by atoms with Gasteiger partial charge in [0.25, 0.3) is 0 Å². The van der Waals surface area contributed by atoms with Crippen molar-refractivity contribution < 1.29 is 9.47 Å². The van der Waals surface area contributed by atoms with E-state index < -0.39 is 0 Å². The van der Waals surface area contributed by atoms with Crippen molar-refractivity contribution in [1.29, 1.82) is 0 Å². The number of rotatable bonds is 6. The van der Waals surface area contributed by atoms with Gasteiger partial charge in [0.15, 0.2) is 0 Å². The first-order valence-corrected chi connectivity index (χ1v) is 6.83. The Balaban J connectivity index is 2.35. The molecule has 0 saturated carbocycles. The summed E-state index contributed by atoms with van der Waals surface area (Å²) in [6.45, 7) is 2.66. The van der Waals surface area contributed by atoms with Crippen molar-refractivity contribution >= 4 is 0 Å². The normalized spacial score (nSPS) is 11.9. The summed E-state index contributed by atoms with van der Waals surface area (Å²) < 4.78 is 10.9. The van der Waals surface area contributed by atoms with Crippen LogP contribution in [0.5, 0.6) is 11.5 Å². The summed E-state index contributed by atoms with van der Waals surface area (Å²) in [6.07, 6.45) is 0. The molecule has 3 nitrogen and oxygen atoms in total. The molecule has 0 amide bonds. The maximum absolute atomic E-state index is 5.72. The Morgan fingerprint density at radius 3 is 2.35 bits per heavy atom. The van der Waals surface area contributed by atoms with E-state index >= 15 is 0 Å². The summed E-state index contributed by atoms with van der Waals surface area (Å²) in [7, 11) is 3.63. The van der Waals surface area contributed by atoms with Crippen LogP contribution in [0.2, 0.25) is 0 Å². The summed E-state index contributed by atoms with van der Waals surface area (Å²) in [6, 6.07) is 16.3. The van der Waals surface area contributed by atoms with Crippen LogP contribution >= 0.6 is 0 Å². The Kier molecular flexibility index (Phi) is 5.02. The minimum atomic E-state index is 0.101. The molecular formula is C17H21NO2. The van der Waals surface area contributed by atoms with Gasteiger partial charge in [-0.3, -0.25) is 0 Å². The number of ether oxygens (including phenoxy) is 2. The molecule has 1 unspecified atom stereocenters.